The van der Waals surface area contributed by atoms with Gasteiger partial charge in [-0.2, -0.15) is 0 Å². The third kappa shape index (κ3) is 4.80. The van der Waals surface area contributed by atoms with Gasteiger partial charge in [-0.05, 0) is 42.8 Å². The third-order valence-corrected chi connectivity index (χ3v) is 4.64. The summed E-state index contributed by atoms with van der Waals surface area (Å²) in [6.07, 6.45) is 1.30. The molecule has 0 saturated heterocycles. The number of nitrogens with zero attached hydrogens (tertiary/aromatic N) is 1. The first-order valence-corrected chi connectivity index (χ1v) is 9.42. The lowest BCUT2D eigenvalue weighted by atomic mass is 10.0. The SMILES string of the molecule is COC(=O)COc1ccc(COC=C2C(=O)N(C(C)=O)c3ccc(C(C)=O)cc32)cc1. The minimum Gasteiger partial charge on any atom is -0.496 e. The van der Waals surface area contributed by atoms with Gasteiger partial charge < -0.3 is 14.2 Å². The number of ether oxygens (including phenoxy) is 3. The second kappa shape index (κ2) is 9.25. The normalized spacial score (nSPS) is 13.7. The Morgan fingerprint density at radius 2 is 1.74 bits per heavy atom. The molecule has 160 valence electrons. The molecular weight excluding hydrogens is 402 g/mol. The first kappa shape index (κ1) is 21.8. The van der Waals surface area contributed by atoms with E-state index in [0.717, 1.165) is 10.5 Å². The van der Waals surface area contributed by atoms with Gasteiger partial charge in [-0.15, -0.1) is 0 Å². The maximum atomic E-state index is 12.7. The number of amides is 2. The van der Waals surface area contributed by atoms with Crippen LogP contribution in [0.15, 0.2) is 48.7 Å². The molecule has 0 atom stereocenters. The van der Waals surface area contributed by atoms with E-state index in [9.17, 15) is 19.2 Å². The number of hydrogen-bond donors (Lipinski definition) is 0. The second-order valence-corrected chi connectivity index (χ2v) is 6.80. The van der Waals surface area contributed by atoms with Gasteiger partial charge in [-0.3, -0.25) is 14.4 Å². The number of Topliss-reactive ketones (excluding diaryl/α,β-unsaturated/α-hetero) is 1. The van der Waals surface area contributed by atoms with E-state index in [-0.39, 0.29) is 24.6 Å². The summed E-state index contributed by atoms with van der Waals surface area (Å²) >= 11 is 0. The number of fused-ring (bicyclic) bond motifs is 1. The molecule has 0 saturated carbocycles. The highest BCUT2D eigenvalue weighted by molar-refractivity contribution is 6.39. The molecule has 0 fully saturated rings. The lowest BCUT2D eigenvalue weighted by Crippen LogP contribution is -2.31. The Labute approximate surface area is 179 Å². The van der Waals surface area contributed by atoms with E-state index >= 15 is 0 Å². The molecule has 2 aromatic rings. The zero-order chi connectivity index (χ0) is 22.5. The molecule has 1 heterocycles. The molecule has 2 aromatic carbocycles. The molecule has 0 aromatic heterocycles. The summed E-state index contributed by atoms with van der Waals surface area (Å²) < 4.78 is 15.4. The zero-order valence-electron chi connectivity index (χ0n) is 17.3. The van der Waals surface area contributed by atoms with Gasteiger partial charge >= 0.3 is 5.97 Å². The van der Waals surface area contributed by atoms with Crippen molar-refractivity contribution in [1.82, 2.24) is 0 Å². The van der Waals surface area contributed by atoms with Gasteiger partial charge in [0.05, 0.1) is 24.6 Å². The summed E-state index contributed by atoms with van der Waals surface area (Å²) in [5.41, 5.74) is 2.33. The fourth-order valence-electron chi connectivity index (χ4n) is 3.04. The van der Waals surface area contributed by atoms with Gasteiger partial charge in [-0.1, -0.05) is 12.1 Å². The quantitative estimate of drug-likeness (QED) is 0.292. The zero-order valence-corrected chi connectivity index (χ0v) is 17.3. The minimum atomic E-state index is -0.505. The van der Waals surface area contributed by atoms with Crippen molar-refractivity contribution >= 4 is 34.8 Å². The molecule has 1 aliphatic heterocycles. The highest BCUT2D eigenvalue weighted by atomic mass is 16.6. The maximum Gasteiger partial charge on any atom is 0.343 e. The molecule has 1 aliphatic rings. The lowest BCUT2D eigenvalue weighted by Gasteiger charge is -2.12. The van der Waals surface area contributed by atoms with Crippen LogP contribution < -0.4 is 9.64 Å². The first-order valence-electron chi connectivity index (χ1n) is 9.42. The largest absolute Gasteiger partial charge is 0.496 e. The third-order valence-electron chi connectivity index (χ3n) is 4.64. The summed E-state index contributed by atoms with van der Waals surface area (Å²) in [4.78, 5) is 48.6. The van der Waals surface area contributed by atoms with Crippen LogP contribution in [-0.4, -0.2) is 37.3 Å². The van der Waals surface area contributed by atoms with Crippen LogP contribution in [0, 0.1) is 0 Å². The standard InChI is InChI=1S/C23H21NO7/c1-14(25)17-6-9-21-19(10-17)20(23(28)24(21)15(2)26)12-30-11-16-4-7-18(8-5-16)31-13-22(27)29-3/h4-10,12H,11,13H2,1-3H3. The average molecular weight is 423 g/mol. The number of imide groups is 1. The molecule has 0 spiro atoms. The van der Waals surface area contributed by atoms with E-state index < -0.39 is 17.8 Å². The Morgan fingerprint density at radius 3 is 2.35 bits per heavy atom. The van der Waals surface area contributed by atoms with Crippen LogP contribution in [0.2, 0.25) is 0 Å². The summed E-state index contributed by atoms with van der Waals surface area (Å²) in [5.74, 6) is -1.05. The van der Waals surface area contributed by atoms with Crippen LogP contribution in [0.25, 0.3) is 5.57 Å². The number of ketones is 1. The highest BCUT2D eigenvalue weighted by Crippen LogP contribution is 2.37. The topological polar surface area (TPSA) is 99.2 Å². The number of carbonyl (C=O) groups excluding carboxylic acids is 4. The molecule has 0 bridgehead atoms. The lowest BCUT2D eigenvalue weighted by molar-refractivity contribution is -0.143. The molecule has 0 unspecified atom stereocenters. The van der Waals surface area contributed by atoms with Crippen molar-refractivity contribution in [3.05, 3.63) is 65.4 Å². The van der Waals surface area contributed by atoms with Crippen LogP contribution in [-0.2, 0) is 30.5 Å². The van der Waals surface area contributed by atoms with E-state index in [4.69, 9.17) is 9.47 Å². The first-order chi connectivity index (χ1) is 14.8. The van der Waals surface area contributed by atoms with Crippen LogP contribution in [0.4, 0.5) is 5.69 Å². The highest BCUT2D eigenvalue weighted by Gasteiger charge is 2.35. The number of methoxy groups -OCH3 is 1. The van der Waals surface area contributed by atoms with Crippen LogP contribution in [0.5, 0.6) is 5.75 Å². The smallest absolute Gasteiger partial charge is 0.343 e. The molecule has 31 heavy (non-hydrogen) atoms. The minimum absolute atomic E-state index is 0.147. The fourth-order valence-corrected chi connectivity index (χ4v) is 3.04. The van der Waals surface area contributed by atoms with Crippen molar-refractivity contribution in [2.45, 2.75) is 20.5 Å². The van der Waals surface area contributed by atoms with E-state index in [1.165, 1.54) is 27.2 Å². The van der Waals surface area contributed by atoms with E-state index in [1.54, 1.807) is 42.5 Å². The fraction of sp³-hybridized carbons (Fsp3) is 0.217. The Kier molecular flexibility index (Phi) is 6.49. The summed E-state index contributed by atoms with van der Waals surface area (Å²) in [7, 11) is 1.28. The van der Waals surface area contributed by atoms with Crippen LogP contribution in [0.1, 0.15) is 35.3 Å². The van der Waals surface area contributed by atoms with Gasteiger partial charge in [0.25, 0.3) is 5.91 Å². The van der Waals surface area contributed by atoms with Crippen LogP contribution in [0.3, 0.4) is 0 Å². The van der Waals surface area contributed by atoms with Crippen molar-refractivity contribution in [2.75, 3.05) is 18.6 Å². The van der Waals surface area contributed by atoms with Gasteiger partial charge in [0.1, 0.15) is 12.4 Å². The summed E-state index contributed by atoms with van der Waals surface area (Å²) in [6.45, 7) is 2.71. The van der Waals surface area contributed by atoms with Gasteiger partial charge in [0.15, 0.2) is 12.4 Å². The van der Waals surface area contributed by atoms with Crippen molar-refractivity contribution < 1.29 is 33.4 Å². The van der Waals surface area contributed by atoms with Crippen molar-refractivity contribution in [3.8, 4) is 5.75 Å². The Bertz CT molecular complexity index is 1070. The predicted molar refractivity (Wildman–Crippen MR) is 111 cm³/mol. The molecule has 8 nitrogen and oxygen atoms in total. The molecule has 0 N–H and O–H groups in total. The van der Waals surface area contributed by atoms with Gasteiger partial charge in [-0.25, -0.2) is 9.69 Å². The van der Waals surface area contributed by atoms with Gasteiger partial charge in [0, 0.05) is 18.1 Å². The molecule has 0 radical (unpaired) electrons. The molecular formula is C23H21NO7. The Balaban J connectivity index is 1.74. The Hall–Kier alpha value is -3.94. The van der Waals surface area contributed by atoms with E-state index in [2.05, 4.69) is 4.74 Å². The number of esters is 1. The summed E-state index contributed by atoms with van der Waals surface area (Å²) in [6, 6.07) is 11.6. The Morgan fingerprint density at radius 1 is 1.03 bits per heavy atom. The molecule has 8 heteroatoms. The monoisotopic (exact) mass is 423 g/mol. The van der Waals surface area contributed by atoms with Crippen molar-refractivity contribution in [2.24, 2.45) is 0 Å². The van der Waals surface area contributed by atoms with Crippen molar-refractivity contribution in [1.29, 1.82) is 0 Å². The number of hydrogen-bond acceptors (Lipinski definition) is 7. The van der Waals surface area contributed by atoms with Gasteiger partial charge in [0.2, 0.25) is 5.91 Å². The number of rotatable bonds is 7. The predicted octanol–water partition coefficient (Wildman–Crippen LogP) is 2.89. The molecule has 0 aliphatic carbocycles. The summed E-state index contributed by atoms with van der Waals surface area (Å²) in [5, 5.41) is 0. The maximum absolute atomic E-state index is 12.7. The second-order valence-electron chi connectivity index (χ2n) is 6.80. The molecule has 2 amide bonds. The molecule has 3 rings (SSSR count). The van der Waals surface area contributed by atoms with Crippen molar-refractivity contribution in [3.63, 3.8) is 0 Å². The van der Waals surface area contributed by atoms with E-state index in [0.29, 0.717) is 22.6 Å². The number of anilines is 1. The number of carbonyl (C=O) groups is 4. The van der Waals surface area contributed by atoms with E-state index in [1.807, 2.05) is 0 Å². The number of benzene rings is 2. The van der Waals surface area contributed by atoms with Crippen LogP contribution >= 0.6 is 0 Å². The average Bonchev–Trinajstić information content (AvgIpc) is 3.03.